The van der Waals surface area contributed by atoms with Gasteiger partial charge in [0.05, 0.1) is 18.8 Å². The van der Waals surface area contributed by atoms with Crippen molar-refractivity contribution < 1.29 is 9.90 Å². The molecule has 21 heavy (non-hydrogen) atoms. The number of nitrogens with zero attached hydrogens (tertiary/aromatic N) is 5. The first-order valence-electron chi connectivity index (χ1n) is 6.67. The van der Waals surface area contributed by atoms with Crippen LogP contribution in [0.1, 0.15) is 26.6 Å². The maximum Gasteiger partial charge on any atom is 0.317 e. The van der Waals surface area contributed by atoms with Crippen LogP contribution in [-0.2, 0) is 11.3 Å². The maximum atomic E-state index is 11.0. The highest BCUT2D eigenvalue weighted by Gasteiger charge is 2.25. The lowest BCUT2D eigenvalue weighted by atomic mass is 10.1. The van der Waals surface area contributed by atoms with Gasteiger partial charge in [0.2, 0.25) is 0 Å². The molecule has 0 radical (unpaired) electrons. The molecule has 0 spiro atoms. The summed E-state index contributed by atoms with van der Waals surface area (Å²) in [6.07, 6.45) is 0. The molecule has 2 rings (SSSR count). The average Bonchev–Trinajstić information content (AvgIpc) is 2.85. The summed E-state index contributed by atoms with van der Waals surface area (Å²) in [5, 5.41) is 20.8. The number of aliphatic carboxylic acids is 1. The van der Waals surface area contributed by atoms with Crippen LogP contribution in [0.25, 0.3) is 5.69 Å². The summed E-state index contributed by atoms with van der Waals surface area (Å²) in [6.45, 7) is 6.19. The van der Waals surface area contributed by atoms with Gasteiger partial charge in [-0.25, -0.2) is 0 Å². The fraction of sp³-hybridized carbons (Fsp3) is 0.429. The van der Waals surface area contributed by atoms with Crippen LogP contribution in [0.4, 0.5) is 0 Å². The topological polar surface area (TPSA) is 84.1 Å². The van der Waals surface area contributed by atoms with Gasteiger partial charge in [0, 0.05) is 5.54 Å². The normalized spacial score (nSPS) is 11.8. The maximum absolute atomic E-state index is 11.0. The van der Waals surface area contributed by atoms with Crippen molar-refractivity contribution in [1.82, 2.24) is 25.1 Å². The van der Waals surface area contributed by atoms with Crippen molar-refractivity contribution in [3.8, 4) is 5.69 Å². The largest absolute Gasteiger partial charge is 0.480 e. The van der Waals surface area contributed by atoms with Crippen molar-refractivity contribution in [3.63, 3.8) is 0 Å². The second kappa shape index (κ2) is 6.01. The summed E-state index contributed by atoms with van der Waals surface area (Å²) in [5.41, 5.74) is 0.549. The summed E-state index contributed by atoms with van der Waals surface area (Å²) < 4.78 is 1.63. The van der Waals surface area contributed by atoms with E-state index >= 15 is 0 Å². The summed E-state index contributed by atoms with van der Waals surface area (Å²) in [7, 11) is 0. The Hall–Kier alpha value is -2.28. The van der Waals surface area contributed by atoms with Crippen LogP contribution in [-0.4, -0.2) is 48.3 Å². The van der Waals surface area contributed by atoms with Crippen molar-refractivity contribution in [2.45, 2.75) is 32.9 Å². The van der Waals surface area contributed by atoms with Crippen molar-refractivity contribution in [2.75, 3.05) is 6.54 Å². The zero-order valence-corrected chi connectivity index (χ0v) is 12.4. The number of hydrogen-bond acceptors (Lipinski definition) is 5. The second-order valence-electron chi connectivity index (χ2n) is 5.76. The Kier molecular flexibility index (Phi) is 4.32. The van der Waals surface area contributed by atoms with Crippen LogP contribution < -0.4 is 0 Å². The Morgan fingerprint density at radius 3 is 2.52 bits per heavy atom. The molecule has 0 atom stereocenters. The van der Waals surface area contributed by atoms with Gasteiger partial charge in [0.25, 0.3) is 0 Å². The predicted molar refractivity (Wildman–Crippen MR) is 77.0 cm³/mol. The lowest BCUT2D eigenvalue weighted by Crippen LogP contribution is -2.44. The van der Waals surface area contributed by atoms with Crippen LogP contribution in [0, 0.1) is 0 Å². The highest BCUT2D eigenvalue weighted by Crippen LogP contribution is 2.17. The number of para-hydroxylation sites is 1. The molecule has 7 heteroatoms. The number of rotatable bonds is 5. The number of carbonyl (C=O) groups is 1. The Morgan fingerprint density at radius 1 is 1.29 bits per heavy atom. The van der Waals surface area contributed by atoms with Crippen molar-refractivity contribution >= 4 is 5.97 Å². The minimum atomic E-state index is -0.872. The zero-order chi connectivity index (χ0) is 15.5. The predicted octanol–water partition coefficient (Wildman–Crippen LogP) is 1.35. The van der Waals surface area contributed by atoms with Crippen LogP contribution in [0.3, 0.4) is 0 Å². The quantitative estimate of drug-likeness (QED) is 0.894. The molecule has 1 N–H and O–H groups in total. The summed E-state index contributed by atoms with van der Waals surface area (Å²) in [4.78, 5) is 12.9. The molecule has 0 amide bonds. The molecular formula is C14H19N5O2. The molecule has 1 heterocycles. The summed E-state index contributed by atoms with van der Waals surface area (Å²) in [6, 6.07) is 9.52. The molecular weight excluding hydrogens is 270 g/mol. The number of carboxylic acids is 1. The smallest absolute Gasteiger partial charge is 0.317 e. The van der Waals surface area contributed by atoms with Crippen LogP contribution in [0.2, 0.25) is 0 Å². The van der Waals surface area contributed by atoms with E-state index in [0.717, 1.165) is 5.69 Å². The third kappa shape index (κ3) is 3.85. The lowest BCUT2D eigenvalue weighted by molar-refractivity contribution is -0.140. The van der Waals surface area contributed by atoms with Gasteiger partial charge in [-0.05, 0) is 43.3 Å². The Labute approximate surface area is 123 Å². The van der Waals surface area contributed by atoms with E-state index in [1.165, 1.54) is 0 Å². The standard InChI is InChI=1S/C14H19N5O2/c1-14(2,3)18(10-13(20)21)9-12-15-16-17-19(12)11-7-5-4-6-8-11/h4-8H,9-10H2,1-3H3,(H,20,21). The molecule has 7 nitrogen and oxygen atoms in total. The number of tetrazole rings is 1. The molecule has 0 aliphatic carbocycles. The molecule has 1 aromatic heterocycles. The molecule has 1 aromatic carbocycles. The highest BCUT2D eigenvalue weighted by atomic mass is 16.4. The number of aromatic nitrogens is 4. The van der Waals surface area contributed by atoms with E-state index in [9.17, 15) is 4.79 Å². The van der Waals surface area contributed by atoms with Gasteiger partial charge in [-0.15, -0.1) is 5.10 Å². The second-order valence-corrected chi connectivity index (χ2v) is 5.76. The third-order valence-electron chi connectivity index (χ3n) is 3.14. The number of benzene rings is 1. The van der Waals surface area contributed by atoms with E-state index in [1.54, 1.807) is 4.68 Å². The third-order valence-corrected chi connectivity index (χ3v) is 3.14. The average molecular weight is 289 g/mol. The Balaban J connectivity index is 2.27. The molecule has 0 unspecified atom stereocenters. The highest BCUT2D eigenvalue weighted by molar-refractivity contribution is 5.69. The first kappa shape index (κ1) is 15.1. The van der Waals surface area contributed by atoms with Crippen molar-refractivity contribution in [1.29, 1.82) is 0 Å². The Bertz CT molecular complexity index is 603. The van der Waals surface area contributed by atoms with Gasteiger partial charge in [-0.3, -0.25) is 9.69 Å². The van der Waals surface area contributed by atoms with Crippen LogP contribution in [0.15, 0.2) is 30.3 Å². The van der Waals surface area contributed by atoms with E-state index in [1.807, 2.05) is 56.0 Å². The molecule has 0 bridgehead atoms. The molecule has 0 saturated heterocycles. The van der Waals surface area contributed by atoms with Crippen molar-refractivity contribution in [2.24, 2.45) is 0 Å². The summed E-state index contributed by atoms with van der Waals surface area (Å²) in [5.74, 6) is -0.263. The van der Waals surface area contributed by atoms with Gasteiger partial charge in [0.1, 0.15) is 0 Å². The fourth-order valence-electron chi connectivity index (χ4n) is 1.94. The van der Waals surface area contributed by atoms with E-state index in [0.29, 0.717) is 12.4 Å². The minimum Gasteiger partial charge on any atom is -0.480 e. The van der Waals surface area contributed by atoms with Gasteiger partial charge in [-0.1, -0.05) is 18.2 Å². The first-order chi connectivity index (χ1) is 9.88. The zero-order valence-electron chi connectivity index (χ0n) is 12.4. The molecule has 0 aliphatic heterocycles. The van der Waals surface area contributed by atoms with Crippen molar-refractivity contribution in [3.05, 3.63) is 36.2 Å². The molecule has 0 saturated carbocycles. The van der Waals surface area contributed by atoms with E-state index in [-0.39, 0.29) is 12.1 Å². The van der Waals surface area contributed by atoms with Gasteiger partial charge in [-0.2, -0.15) is 4.68 Å². The minimum absolute atomic E-state index is 0.0643. The number of hydrogen-bond donors (Lipinski definition) is 1. The first-order valence-corrected chi connectivity index (χ1v) is 6.67. The monoisotopic (exact) mass is 289 g/mol. The van der Waals surface area contributed by atoms with Gasteiger partial charge >= 0.3 is 5.97 Å². The van der Waals surface area contributed by atoms with Crippen LogP contribution >= 0.6 is 0 Å². The summed E-state index contributed by atoms with van der Waals surface area (Å²) >= 11 is 0. The van der Waals surface area contributed by atoms with E-state index < -0.39 is 5.97 Å². The van der Waals surface area contributed by atoms with E-state index in [2.05, 4.69) is 15.5 Å². The Morgan fingerprint density at radius 2 is 1.95 bits per heavy atom. The van der Waals surface area contributed by atoms with Gasteiger partial charge in [0.15, 0.2) is 5.82 Å². The molecule has 2 aromatic rings. The molecule has 0 fully saturated rings. The SMILES string of the molecule is CC(C)(C)N(CC(=O)O)Cc1nnnn1-c1ccccc1. The number of carboxylic acid groups (broad SMARTS) is 1. The molecule has 0 aliphatic rings. The van der Waals surface area contributed by atoms with Crippen LogP contribution in [0.5, 0.6) is 0 Å². The lowest BCUT2D eigenvalue weighted by Gasteiger charge is -2.33. The fourth-order valence-corrected chi connectivity index (χ4v) is 1.94. The molecule has 112 valence electrons. The van der Waals surface area contributed by atoms with E-state index in [4.69, 9.17) is 5.11 Å². The van der Waals surface area contributed by atoms with Gasteiger partial charge < -0.3 is 5.11 Å².